The number of aryl methyl sites for hydroxylation is 1. The number of methoxy groups -OCH3 is 1. The molecule has 0 amide bonds. The van der Waals surface area contributed by atoms with Crippen molar-refractivity contribution in [3.05, 3.63) is 59.9 Å². The number of aromatic nitrogens is 1. The summed E-state index contributed by atoms with van der Waals surface area (Å²) in [5.41, 5.74) is 2.62. The highest BCUT2D eigenvalue weighted by Crippen LogP contribution is 2.13. The summed E-state index contributed by atoms with van der Waals surface area (Å²) < 4.78 is 5.16. The first-order valence-electron chi connectivity index (χ1n) is 7.03. The van der Waals surface area contributed by atoms with Gasteiger partial charge in [-0.3, -0.25) is 4.98 Å². The zero-order valence-corrected chi connectivity index (χ0v) is 12.2. The summed E-state index contributed by atoms with van der Waals surface area (Å²) in [6.07, 6.45) is 5.87. The second-order valence-corrected chi connectivity index (χ2v) is 5.02. The second kappa shape index (κ2) is 7.65. The van der Waals surface area contributed by atoms with Crippen LogP contribution >= 0.6 is 0 Å². The van der Waals surface area contributed by atoms with Crippen LogP contribution in [-0.4, -0.2) is 18.1 Å². The van der Waals surface area contributed by atoms with Gasteiger partial charge >= 0.3 is 0 Å². The number of hydrogen-bond acceptors (Lipinski definition) is 3. The SMILES string of the molecule is COc1ccc(CC[C@H](C)NCc2ccncc2)cc1. The van der Waals surface area contributed by atoms with Crippen LogP contribution < -0.4 is 10.1 Å². The van der Waals surface area contributed by atoms with Crippen LogP contribution in [0.1, 0.15) is 24.5 Å². The van der Waals surface area contributed by atoms with E-state index in [2.05, 4.69) is 29.4 Å². The molecule has 0 bridgehead atoms. The van der Waals surface area contributed by atoms with Gasteiger partial charge in [-0.2, -0.15) is 0 Å². The largest absolute Gasteiger partial charge is 0.497 e. The Morgan fingerprint density at radius 1 is 1.05 bits per heavy atom. The van der Waals surface area contributed by atoms with Gasteiger partial charge in [-0.05, 0) is 55.2 Å². The number of nitrogens with one attached hydrogen (secondary N) is 1. The number of nitrogens with zero attached hydrogens (tertiary/aromatic N) is 1. The van der Waals surface area contributed by atoms with E-state index >= 15 is 0 Å². The molecule has 106 valence electrons. The Morgan fingerprint density at radius 2 is 1.75 bits per heavy atom. The summed E-state index contributed by atoms with van der Waals surface area (Å²) >= 11 is 0. The van der Waals surface area contributed by atoms with Crippen molar-refractivity contribution in [3.63, 3.8) is 0 Å². The molecule has 3 nitrogen and oxygen atoms in total. The molecule has 0 aliphatic rings. The quantitative estimate of drug-likeness (QED) is 0.839. The van der Waals surface area contributed by atoms with Crippen LogP contribution in [0.25, 0.3) is 0 Å². The molecule has 1 aromatic carbocycles. The Bertz CT molecular complexity index is 496. The normalized spacial score (nSPS) is 12.1. The van der Waals surface area contributed by atoms with Crippen molar-refractivity contribution in [1.82, 2.24) is 10.3 Å². The van der Waals surface area contributed by atoms with Crippen molar-refractivity contribution in [2.24, 2.45) is 0 Å². The topological polar surface area (TPSA) is 34.1 Å². The average Bonchev–Trinajstić information content (AvgIpc) is 2.52. The maximum Gasteiger partial charge on any atom is 0.118 e. The Morgan fingerprint density at radius 3 is 2.40 bits per heavy atom. The van der Waals surface area contributed by atoms with Gasteiger partial charge in [-0.15, -0.1) is 0 Å². The summed E-state index contributed by atoms with van der Waals surface area (Å²) in [6, 6.07) is 12.9. The monoisotopic (exact) mass is 270 g/mol. The zero-order valence-electron chi connectivity index (χ0n) is 12.2. The van der Waals surface area contributed by atoms with Gasteiger partial charge in [0.2, 0.25) is 0 Å². The molecule has 0 aliphatic heterocycles. The van der Waals surface area contributed by atoms with E-state index < -0.39 is 0 Å². The summed E-state index contributed by atoms with van der Waals surface area (Å²) in [6.45, 7) is 3.12. The molecule has 2 aromatic rings. The molecule has 0 aliphatic carbocycles. The van der Waals surface area contributed by atoms with Crippen molar-refractivity contribution in [2.75, 3.05) is 7.11 Å². The average molecular weight is 270 g/mol. The Kier molecular flexibility index (Phi) is 5.56. The maximum absolute atomic E-state index is 5.16. The Hall–Kier alpha value is -1.87. The van der Waals surface area contributed by atoms with Gasteiger partial charge < -0.3 is 10.1 Å². The highest BCUT2D eigenvalue weighted by molar-refractivity contribution is 5.27. The van der Waals surface area contributed by atoms with Gasteiger partial charge in [0.25, 0.3) is 0 Å². The number of benzene rings is 1. The van der Waals surface area contributed by atoms with Crippen LogP contribution in [0.4, 0.5) is 0 Å². The molecule has 0 saturated carbocycles. The highest BCUT2D eigenvalue weighted by Gasteiger charge is 2.03. The first kappa shape index (κ1) is 14.5. The van der Waals surface area contributed by atoms with Crippen molar-refractivity contribution in [1.29, 1.82) is 0 Å². The molecule has 0 radical (unpaired) electrons. The van der Waals surface area contributed by atoms with E-state index in [1.165, 1.54) is 11.1 Å². The van der Waals surface area contributed by atoms with Gasteiger partial charge in [0, 0.05) is 25.0 Å². The lowest BCUT2D eigenvalue weighted by atomic mass is 10.1. The number of rotatable bonds is 7. The molecular weight excluding hydrogens is 248 g/mol. The third-order valence-corrected chi connectivity index (χ3v) is 3.43. The molecule has 20 heavy (non-hydrogen) atoms. The zero-order chi connectivity index (χ0) is 14.2. The lowest BCUT2D eigenvalue weighted by Gasteiger charge is -2.14. The Labute approximate surface area is 121 Å². The van der Waals surface area contributed by atoms with Crippen molar-refractivity contribution < 1.29 is 4.74 Å². The first-order chi connectivity index (χ1) is 9.78. The molecule has 1 atom stereocenters. The third kappa shape index (κ3) is 4.67. The molecule has 0 fully saturated rings. The summed E-state index contributed by atoms with van der Waals surface area (Å²) in [7, 11) is 1.69. The fourth-order valence-electron chi connectivity index (χ4n) is 2.07. The van der Waals surface area contributed by atoms with Crippen LogP contribution in [0.15, 0.2) is 48.8 Å². The van der Waals surface area contributed by atoms with Crippen LogP contribution in [-0.2, 0) is 13.0 Å². The molecule has 2 rings (SSSR count). The van der Waals surface area contributed by atoms with E-state index in [0.717, 1.165) is 25.1 Å². The maximum atomic E-state index is 5.16. The van der Waals surface area contributed by atoms with Crippen LogP contribution in [0.5, 0.6) is 5.75 Å². The van der Waals surface area contributed by atoms with Gasteiger partial charge in [-0.1, -0.05) is 12.1 Å². The smallest absolute Gasteiger partial charge is 0.118 e. The van der Waals surface area contributed by atoms with Gasteiger partial charge in [-0.25, -0.2) is 0 Å². The number of hydrogen-bond donors (Lipinski definition) is 1. The van der Waals surface area contributed by atoms with Crippen LogP contribution in [0.2, 0.25) is 0 Å². The molecule has 0 saturated heterocycles. The number of pyridine rings is 1. The minimum Gasteiger partial charge on any atom is -0.497 e. The van der Waals surface area contributed by atoms with Gasteiger partial charge in [0.1, 0.15) is 5.75 Å². The van der Waals surface area contributed by atoms with Crippen molar-refractivity contribution in [3.8, 4) is 5.75 Å². The van der Waals surface area contributed by atoms with E-state index in [-0.39, 0.29) is 0 Å². The molecule has 1 heterocycles. The van der Waals surface area contributed by atoms with Gasteiger partial charge in [0.05, 0.1) is 7.11 Å². The van der Waals surface area contributed by atoms with Crippen molar-refractivity contribution in [2.45, 2.75) is 32.4 Å². The summed E-state index contributed by atoms with van der Waals surface area (Å²) in [4.78, 5) is 4.02. The third-order valence-electron chi connectivity index (χ3n) is 3.43. The highest BCUT2D eigenvalue weighted by atomic mass is 16.5. The van der Waals surface area contributed by atoms with Crippen molar-refractivity contribution >= 4 is 0 Å². The first-order valence-corrected chi connectivity index (χ1v) is 7.03. The van der Waals surface area contributed by atoms with E-state index in [1.54, 1.807) is 7.11 Å². The predicted octanol–water partition coefficient (Wildman–Crippen LogP) is 3.20. The van der Waals surface area contributed by atoms with Crippen LogP contribution in [0, 0.1) is 0 Å². The molecule has 0 unspecified atom stereocenters. The standard InChI is InChI=1S/C17H22N2O/c1-14(19-13-16-9-11-18-12-10-16)3-4-15-5-7-17(20-2)8-6-15/h5-12,14,19H,3-4,13H2,1-2H3/t14-/m0/s1. The van der Waals surface area contributed by atoms with E-state index in [9.17, 15) is 0 Å². The lowest BCUT2D eigenvalue weighted by Crippen LogP contribution is -2.25. The summed E-state index contributed by atoms with van der Waals surface area (Å²) in [5, 5.41) is 3.54. The molecule has 0 spiro atoms. The fraction of sp³-hybridized carbons (Fsp3) is 0.353. The lowest BCUT2D eigenvalue weighted by molar-refractivity contribution is 0.414. The minimum absolute atomic E-state index is 0.491. The van der Waals surface area contributed by atoms with Gasteiger partial charge in [0.15, 0.2) is 0 Å². The second-order valence-electron chi connectivity index (χ2n) is 5.02. The summed E-state index contributed by atoms with van der Waals surface area (Å²) in [5.74, 6) is 0.914. The fourth-order valence-corrected chi connectivity index (χ4v) is 2.07. The molecule has 1 aromatic heterocycles. The minimum atomic E-state index is 0.491. The Balaban J connectivity index is 1.73. The predicted molar refractivity (Wildman–Crippen MR) is 81.9 cm³/mol. The number of ether oxygens (including phenoxy) is 1. The van der Waals surface area contributed by atoms with E-state index in [4.69, 9.17) is 4.74 Å². The molecule has 3 heteroatoms. The molecular formula is C17H22N2O. The van der Waals surface area contributed by atoms with Crippen LogP contribution in [0.3, 0.4) is 0 Å². The molecule has 1 N–H and O–H groups in total. The van der Waals surface area contributed by atoms with E-state index in [1.807, 2.05) is 36.7 Å². The van der Waals surface area contributed by atoms with E-state index in [0.29, 0.717) is 6.04 Å².